The van der Waals surface area contributed by atoms with Gasteiger partial charge in [0, 0.05) is 11.1 Å². The monoisotopic (exact) mass is 373 g/mol. The van der Waals surface area contributed by atoms with Crippen LogP contribution in [-0.2, 0) is 0 Å². The van der Waals surface area contributed by atoms with Gasteiger partial charge in [0.1, 0.15) is 6.17 Å². The van der Waals surface area contributed by atoms with Crippen LogP contribution in [0.2, 0.25) is 0 Å². The molecule has 0 aromatic carbocycles. The number of hydrogen-bond acceptors (Lipinski definition) is 1. The summed E-state index contributed by atoms with van der Waals surface area (Å²) in [6.45, 7) is 15.5. The van der Waals surface area contributed by atoms with Crippen molar-refractivity contribution in [2.24, 2.45) is 34.8 Å². The van der Waals surface area contributed by atoms with Crippen molar-refractivity contribution in [3.05, 3.63) is 34.6 Å². The summed E-state index contributed by atoms with van der Waals surface area (Å²) in [7, 11) is 0. The fourth-order valence-electron chi connectivity index (χ4n) is 6.07. The minimum atomic E-state index is -0.536. The average molecular weight is 374 g/mol. The molecule has 0 bridgehead atoms. The first-order valence-corrected chi connectivity index (χ1v) is 11.1. The number of halogens is 1. The molecule has 0 heterocycles. The van der Waals surface area contributed by atoms with E-state index in [1.165, 1.54) is 48.0 Å². The quantitative estimate of drug-likeness (QED) is 0.403. The fourth-order valence-corrected chi connectivity index (χ4v) is 6.07. The summed E-state index contributed by atoms with van der Waals surface area (Å²) >= 11 is 0. The Balaban J connectivity index is 1.74. The molecule has 3 atom stereocenters. The second kappa shape index (κ2) is 7.76. The summed E-state index contributed by atoms with van der Waals surface area (Å²) in [6, 6.07) is 0. The number of rotatable bonds is 5. The molecule has 3 saturated carbocycles. The van der Waals surface area contributed by atoms with Gasteiger partial charge in [0.25, 0.3) is 0 Å². The van der Waals surface area contributed by atoms with Crippen LogP contribution in [0.25, 0.3) is 0 Å². The molecule has 3 unspecified atom stereocenters. The summed E-state index contributed by atoms with van der Waals surface area (Å²) in [5.41, 5.74) is 13.2. The first kappa shape index (κ1) is 20.7. The minimum Gasteiger partial charge on any atom is -0.399 e. The van der Waals surface area contributed by atoms with Crippen molar-refractivity contribution in [1.82, 2.24) is 0 Å². The molecule has 27 heavy (non-hydrogen) atoms. The summed E-state index contributed by atoms with van der Waals surface area (Å²) in [5.74, 6) is 2.59. The maximum atomic E-state index is 13.6. The Morgan fingerprint density at radius 3 is 2.04 bits per heavy atom. The first-order chi connectivity index (χ1) is 12.7. The molecule has 0 amide bonds. The maximum absolute atomic E-state index is 13.6. The van der Waals surface area contributed by atoms with Crippen LogP contribution in [0.5, 0.6) is 0 Å². The zero-order chi connectivity index (χ0) is 19.9. The van der Waals surface area contributed by atoms with Gasteiger partial charge in [0.15, 0.2) is 0 Å². The third-order valence-electron chi connectivity index (χ3n) is 8.48. The molecular weight excluding hydrogens is 333 g/mol. The summed E-state index contributed by atoms with van der Waals surface area (Å²) in [6.07, 6.45) is 8.35. The number of hydrogen-bond donors (Lipinski definition) is 1. The molecule has 3 aliphatic rings. The fraction of sp³-hybridized carbons (Fsp3) is 0.760. The Hall–Kier alpha value is -1.05. The lowest BCUT2D eigenvalue weighted by molar-refractivity contribution is 0.166. The smallest absolute Gasteiger partial charge is 0.100 e. The maximum Gasteiger partial charge on any atom is 0.100 e. The van der Waals surface area contributed by atoms with Gasteiger partial charge < -0.3 is 5.73 Å². The lowest BCUT2D eigenvalue weighted by Gasteiger charge is -2.37. The van der Waals surface area contributed by atoms with Crippen LogP contribution in [0.15, 0.2) is 34.6 Å². The SMILES string of the molecule is C=C1CC1(/C(C)=C(N)/C(C)=C(/C)C(C)C)C1CCC(C2CCC(F)C2)CC1. The van der Waals surface area contributed by atoms with Gasteiger partial charge in [0.05, 0.1) is 0 Å². The van der Waals surface area contributed by atoms with Crippen molar-refractivity contribution in [1.29, 1.82) is 0 Å². The number of alkyl halides is 1. The van der Waals surface area contributed by atoms with Gasteiger partial charge in [-0.15, -0.1) is 0 Å². The molecule has 0 saturated heterocycles. The predicted octanol–water partition coefficient (Wildman–Crippen LogP) is 7.10. The molecule has 152 valence electrons. The number of nitrogens with two attached hydrogens (primary N) is 1. The van der Waals surface area contributed by atoms with Gasteiger partial charge in [-0.3, -0.25) is 0 Å². The van der Waals surface area contributed by atoms with Gasteiger partial charge >= 0.3 is 0 Å². The van der Waals surface area contributed by atoms with Crippen LogP contribution in [0.3, 0.4) is 0 Å². The van der Waals surface area contributed by atoms with Crippen LogP contribution in [0.4, 0.5) is 4.39 Å². The molecule has 0 aromatic heterocycles. The average Bonchev–Trinajstić information content (AvgIpc) is 3.15. The third kappa shape index (κ3) is 3.78. The van der Waals surface area contributed by atoms with E-state index in [1.54, 1.807) is 0 Å². The van der Waals surface area contributed by atoms with Gasteiger partial charge in [-0.1, -0.05) is 31.6 Å². The first-order valence-electron chi connectivity index (χ1n) is 11.1. The van der Waals surface area contributed by atoms with Gasteiger partial charge in [-0.2, -0.15) is 0 Å². The molecule has 2 heteroatoms. The number of allylic oxidation sites excluding steroid dienone is 4. The minimum absolute atomic E-state index is 0.145. The molecule has 0 aromatic rings. The molecule has 1 nitrogen and oxygen atoms in total. The van der Waals surface area contributed by atoms with E-state index in [0.29, 0.717) is 17.8 Å². The largest absolute Gasteiger partial charge is 0.399 e. The van der Waals surface area contributed by atoms with Crippen LogP contribution in [0, 0.1) is 29.1 Å². The Labute approximate surface area is 166 Å². The van der Waals surface area contributed by atoms with Crippen LogP contribution in [0.1, 0.15) is 86.0 Å². The van der Waals surface area contributed by atoms with Gasteiger partial charge in [-0.25, -0.2) is 4.39 Å². The van der Waals surface area contributed by atoms with E-state index < -0.39 is 6.17 Å². The highest BCUT2D eigenvalue weighted by Crippen LogP contribution is 2.65. The Kier molecular flexibility index (Phi) is 5.94. The van der Waals surface area contributed by atoms with E-state index in [0.717, 1.165) is 37.3 Å². The normalized spacial score (nSPS) is 38.7. The van der Waals surface area contributed by atoms with E-state index in [2.05, 4.69) is 41.2 Å². The van der Waals surface area contributed by atoms with E-state index >= 15 is 0 Å². The molecule has 0 radical (unpaired) electrons. The van der Waals surface area contributed by atoms with E-state index in [4.69, 9.17) is 5.73 Å². The Bertz CT molecular complexity index is 647. The molecule has 0 spiro atoms. The lowest BCUT2D eigenvalue weighted by atomic mass is 9.67. The van der Waals surface area contributed by atoms with Crippen molar-refractivity contribution in [3.8, 4) is 0 Å². The third-order valence-corrected chi connectivity index (χ3v) is 8.48. The lowest BCUT2D eigenvalue weighted by Crippen LogP contribution is -2.28. The van der Waals surface area contributed by atoms with Crippen LogP contribution < -0.4 is 5.73 Å². The second-order valence-corrected chi connectivity index (χ2v) is 10.0. The zero-order valence-corrected chi connectivity index (χ0v) is 18.2. The summed E-state index contributed by atoms with van der Waals surface area (Å²) < 4.78 is 13.6. The van der Waals surface area contributed by atoms with E-state index in [-0.39, 0.29) is 5.41 Å². The Morgan fingerprint density at radius 1 is 1.04 bits per heavy atom. The van der Waals surface area contributed by atoms with Gasteiger partial charge in [-0.05, 0) is 107 Å². The standard InChI is InChI=1S/C25H40FN/c1-15(2)17(4)18(5)24(27)19(6)25(14-16(25)3)22-10-7-20(8-11-22)21-9-12-23(26)13-21/h15,20-23H,3,7-14,27H2,1-2,4-6H3/b18-17-,24-19-. The molecule has 3 rings (SSSR count). The van der Waals surface area contributed by atoms with E-state index in [1.807, 2.05) is 0 Å². The van der Waals surface area contributed by atoms with Crippen molar-refractivity contribution >= 4 is 0 Å². The molecule has 3 fully saturated rings. The predicted molar refractivity (Wildman–Crippen MR) is 114 cm³/mol. The molecule has 3 aliphatic carbocycles. The van der Waals surface area contributed by atoms with Crippen molar-refractivity contribution in [3.63, 3.8) is 0 Å². The van der Waals surface area contributed by atoms with E-state index in [9.17, 15) is 4.39 Å². The highest BCUT2D eigenvalue weighted by atomic mass is 19.1. The highest BCUT2D eigenvalue weighted by molar-refractivity contribution is 5.49. The molecule has 0 aliphatic heterocycles. The van der Waals surface area contributed by atoms with Crippen LogP contribution in [-0.4, -0.2) is 6.17 Å². The highest BCUT2D eigenvalue weighted by Gasteiger charge is 2.55. The summed E-state index contributed by atoms with van der Waals surface area (Å²) in [4.78, 5) is 0. The topological polar surface area (TPSA) is 26.0 Å². The molecular formula is C25H40FN. The van der Waals surface area contributed by atoms with Crippen molar-refractivity contribution < 1.29 is 4.39 Å². The van der Waals surface area contributed by atoms with Crippen molar-refractivity contribution in [2.75, 3.05) is 0 Å². The van der Waals surface area contributed by atoms with Gasteiger partial charge in [0.2, 0.25) is 0 Å². The van der Waals surface area contributed by atoms with Crippen molar-refractivity contribution in [2.45, 2.75) is 92.2 Å². The Morgan fingerprint density at radius 2 is 1.59 bits per heavy atom. The zero-order valence-electron chi connectivity index (χ0n) is 18.2. The van der Waals surface area contributed by atoms with Crippen LogP contribution >= 0.6 is 0 Å². The second-order valence-electron chi connectivity index (χ2n) is 10.0. The molecule has 2 N–H and O–H groups in total. The summed E-state index contributed by atoms with van der Waals surface area (Å²) in [5, 5.41) is 0.